The summed E-state index contributed by atoms with van der Waals surface area (Å²) < 4.78 is 5.42. The van der Waals surface area contributed by atoms with E-state index in [1.165, 1.54) is 5.56 Å². The van der Waals surface area contributed by atoms with Crippen LogP contribution in [0.25, 0.3) is 37.6 Å². The van der Waals surface area contributed by atoms with E-state index < -0.39 is 0 Å². The summed E-state index contributed by atoms with van der Waals surface area (Å²) in [5.74, 6) is 0.618. The maximum atomic E-state index is 4.80. The Morgan fingerprint density at radius 3 is 2.65 bits per heavy atom. The molecular formula is C17H14BrN7S. The highest BCUT2D eigenvalue weighted by Crippen LogP contribution is 2.36. The Kier molecular flexibility index (Phi) is 3.23. The van der Waals surface area contributed by atoms with Gasteiger partial charge >= 0.3 is 0 Å². The lowest BCUT2D eigenvalue weighted by Gasteiger charge is -1.98. The molecule has 0 fully saturated rings. The van der Waals surface area contributed by atoms with Crippen molar-refractivity contribution in [3.8, 4) is 11.5 Å². The van der Waals surface area contributed by atoms with Gasteiger partial charge in [0.15, 0.2) is 5.65 Å². The number of hydrogen-bond acceptors (Lipinski definition) is 6. The number of aryl methyl sites for hydroxylation is 4. The highest BCUT2D eigenvalue weighted by Gasteiger charge is 2.20. The fourth-order valence-electron chi connectivity index (χ4n) is 3.34. The summed E-state index contributed by atoms with van der Waals surface area (Å²) in [4.78, 5) is 15.1. The van der Waals surface area contributed by atoms with E-state index in [-0.39, 0.29) is 0 Å². The SMILES string of the molecule is Cc1cc(C)c2c(n1)sc1c2ncn2nc(-c3c(Br)c(C)nn3C)nc12. The van der Waals surface area contributed by atoms with Crippen LogP contribution in [-0.2, 0) is 7.05 Å². The molecule has 0 bridgehead atoms. The summed E-state index contributed by atoms with van der Waals surface area (Å²) >= 11 is 5.21. The van der Waals surface area contributed by atoms with Crippen molar-refractivity contribution in [2.24, 2.45) is 7.05 Å². The second-order valence-electron chi connectivity index (χ2n) is 6.36. The second-order valence-corrected chi connectivity index (χ2v) is 8.15. The predicted molar refractivity (Wildman–Crippen MR) is 106 cm³/mol. The van der Waals surface area contributed by atoms with E-state index in [0.717, 1.165) is 47.6 Å². The maximum absolute atomic E-state index is 4.80. The quantitative estimate of drug-likeness (QED) is 0.404. The summed E-state index contributed by atoms with van der Waals surface area (Å²) in [5, 5.41) is 10.1. The molecule has 0 atom stereocenters. The lowest BCUT2D eigenvalue weighted by atomic mass is 10.1. The fraction of sp³-hybridized carbons (Fsp3) is 0.235. The molecule has 0 radical (unpaired) electrons. The van der Waals surface area contributed by atoms with E-state index in [1.54, 1.807) is 26.9 Å². The second kappa shape index (κ2) is 5.31. The number of nitrogens with zero attached hydrogens (tertiary/aromatic N) is 7. The molecule has 0 saturated heterocycles. The van der Waals surface area contributed by atoms with Crippen LogP contribution in [0.4, 0.5) is 0 Å². The minimum atomic E-state index is 0.618. The summed E-state index contributed by atoms with van der Waals surface area (Å²) in [5.41, 5.74) is 5.67. The molecule has 0 saturated carbocycles. The third kappa shape index (κ3) is 2.07. The van der Waals surface area contributed by atoms with Crippen LogP contribution >= 0.6 is 27.3 Å². The first-order chi connectivity index (χ1) is 12.4. The normalized spacial score (nSPS) is 12.0. The van der Waals surface area contributed by atoms with Crippen LogP contribution in [0.5, 0.6) is 0 Å². The van der Waals surface area contributed by atoms with E-state index in [0.29, 0.717) is 5.82 Å². The van der Waals surface area contributed by atoms with E-state index in [9.17, 15) is 0 Å². The van der Waals surface area contributed by atoms with Crippen molar-refractivity contribution in [3.63, 3.8) is 0 Å². The molecule has 0 N–H and O–H groups in total. The van der Waals surface area contributed by atoms with E-state index in [1.807, 2.05) is 20.9 Å². The van der Waals surface area contributed by atoms with Crippen LogP contribution in [-0.4, -0.2) is 34.3 Å². The van der Waals surface area contributed by atoms with Gasteiger partial charge in [0, 0.05) is 18.1 Å². The number of thiophene rings is 1. The van der Waals surface area contributed by atoms with Crippen molar-refractivity contribution in [2.45, 2.75) is 20.8 Å². The third-order valence-electron chi connectivity index (χ3n) is 4.45. The molecule has 7 nitrogen and oxygen atoms in total. The number of rotatable bonds is 1. The highest BCUT2D eigenvalue weighted by atomic mass is 79.9. The monoisotopic (exact) mass is 427 g/mol. The summed E-state index contributed by atoms with van der Waals surface area (Å²) in [6, 6.07) is 2.09. The molecule has 0 spiro atoms. The van der Waals surface area contributed by atoms with E-state index >= 15 is 0 Å². The van der Waals surface area contributed by atoms with Crippen LogP contribution in [0.1, 0.15) is 17.0 Å². The summed E-state index contributed by atoms with van der Waals surface area (Å²) in [6.45, 7) is 6.06. The molecule has 0 aliphatic carbocycles. The molecular weight excluding hydrogens is 414 g/mol. The molecule has 0 amide bonds. The first-order valence-electron chi connectivity index (χ1n) is 8.05. The Morgan fingerprint density at radius 1 is 1.12 bits per heavy atom. The molecule has 0 aliphatic heterocycles. The Morgan fingerprint density at radius 2 is 1.92 bits per heavy atom. The average Bonchev–Trinajstić information content (AvgIpc) is 3.20. The molecule has 0 aliphatic rings. The van der Waals surface area contributed by atoms with Gasteiger partial charge in [-0.2, -0.15) is 5.10 Å². The first kappa shape index (κ1) is 15.8. The highest BCUT2D eigenvalue weighted by molar-refractivity contribution is 9.10. The Labute approximate surface area is 160 Å². The van der Waals surface area contributed by atoms with Gasteiger partial charge < -0.3 is 0 Å². The van der Waals surface area contributed by atoms with Gasteiger partial charge in [0.05, 0.1) is 15.7 Å². The molecule has 26 heavy (non-hydrogen) atoms. The number of pyridine rings is 1. The van der Waals surface area contributed by atoms with Gasteiger partial charge in [0.1, 0.15) is 21.6 Å². The van der Waals surface area contributed by atoms with Gasteiger partial charge in [-0.1, -0.05) is 0 Å². The molecule has 0 aromatic carbocycles. The molecule has 5 aromatic rings. The van der Waals surface area contributed by atoms with Crippen molar-refractivity contribution in [1.82, 2.24) is 34.3 Å². The van der Waals surface area contributed by atoms with Gasteiger partial charge in [0.2, 0.25) is 5.82 Å². The molecule has 5 heterocycles. The Hall–Kier alpha value is -2.39. The van der Waals surface area contributed by atoms with Crippen molar-refractivity contribution in [2.75, 3.05) is 0 Å². The van der Waals surface area contributed by atoms with Crippen LogP contribution in [0.2, 0.25) is 0 Å². The largest absolute Gasteiger partial charge is 0.263 e. The van der Waals surface area contributed by atoms with Gasteiger partial charge in [-0.15, -0.1) is 16.4 Å². The summed E-state index contributed by atoms with van der Waals surface area (Å²) in [7, 11) is 1.89. The zero-order chi connectivity index (χ0) is 18.2. The van der Waals surface area contributed by atoms with E-state index in [2.05, 4.69) is 49.1 Å². The van der Waals surface area contributed by atoms with Gasteiger partial charge in [-0.25, -0.2) is 19.5 Å². The maximum Gasteiger partial charge on any atom is 0.201 e. The third-order valence-corrected chi connectivity index (χ3v) is 6.47. The van der Waals surface area contributed by atoms with Crippen LogP contribution in [0.3, 0.4) is 0 Å². The molecule has 0 unspecified atom stereocenters. The van der Waals surface area contributed by atoms with Crippen molar-refractivity contribution in [3.05, 3.63) is 33.8 Å². The van der Waals surface area contributed by atoms with Gasteiger partial charge in [-0.3, -0.25) is 4.68 Å². The minimum Gasteiger partial charge on any atom is -0.263 e. The Bertz CT molecular complexity index is 1340. The lowest BCUT2D eigenvalue weighted by Crippen LogP contribution is -1.96. The van der Waals surface area contributed by atoms with Crippen LogP contribution in [0, 0.1) is 20.8 Å². The Balaban J connectivity index is 1.86. The molecule has 5 aromatic heterocycles. The predicted octanol–water partition coefficient (Wildman–Crippen LogP) is 3.98. The number of fused-ring (bicyclic) bond motifs is 5. The summed E-state index contributed by atoms with van der Waals surface area (Å²) in [6.07, 6.45) is 1.72. The number of halogens is 1. The minimum absolute atomic E-state index is 0.618. The van der Waals surface area contributed by atoms with Crippen molar-refractivity contribution < 1.29 is 0 Å². The average molecular weight is 428 g/mol. The van der Waals surface area contributed by atoms with Gasteiger partial charge in [-0.05, 0) is 48.3 Å². The van der Waals surface area contributed by atoms with E-state index in [4.69, 9.17) is 4.98 Å². The number of hydrogen-bond donors (Lipinski definition) is 0. The van der Waals surface area contributed by atoms with Crippen LogP contribution < -0.4 is 0 Å². The van der Waals surface area contributed by atoms with Crippen molar-refractivity contribution in [1.29, 1.82) is 0 Å². The zero-order valence-corrected chi connectivity index (χ0v) is 17.0. The van der Waals surface area contributed by atoms with Crippen molar-refractivity contribution >= 4 is 53.3 Å². The molecule has 130 valence electrons. The van der Waals surface area contributed by atoms with Gasteiger partial charge in [0.25, 0.3) is 0 Å². The lowest BCUT2D eigenvalue weighted by molar-refractivity contribution is 0.758. The fourth-order valence-corrected chi connectivity index (χ4v) is 5.08. The number of aromatic nitrogens is 7. The zero-order valence-electron chi connectivity index (χ0n) is 14.6. The molecule has 5 rings (SSSR count). The first-order valence-corrected chi connectivity index (χ1v) is 9.66. The standard InChI is InChI=1S/C17H14BrN7S/c1-7-5-8(2)20-17-10(7)12-14(26-17)16-21-15(23-25(16)6-19-12)13-11(18)9(3)22-24(13)4/h5-6H,1-4H3. The molecule has 9 heteroatoms. The topological polar surface area (TPSA) is 73.8 Å². The smallest absolute Gasteiger partial charge is 0.201 e. The van der Waals surface area contributed by atoms with Crippen LogP contribution in [0.15, 0.2) is 16.9 Å².